The number of methoxy groups -OCH3 is 1. The lowest BCUT2D eigenvalue weighted by Crippen LogP contribution is -2.57. The van der Waals surface area contributed by atoms with E-state index >= 15 is 0 Å². The summed E-state index contributed by atoms with van der Waals surface area (Å²) in [4.78, 5) is 0. The monoisotopic (exact) mass is 234 g/mol. The molecule has 0 aliphatic carbocycles. The topological polar surface area (TPSA) is 77.4 Å². The highest BCUT2D eigenvalue weighted by Gasteiger charge is 2.54. The van der Waals surface area contributed by atoms with Gasteiger partial charge in [-0.25, -0.2) is 0 Å². The van der Waals surface area contributed by atoms with Crippen LogP contribution in [0.5, 0.6) is 0 Å². The predicted molar refractivity (Wildman–Crippen MR) is 52.6 cm³/mol. The van der Waals surface area contributed by atoms with Crippen molar-refractivity contribution in [3.8, 4) is 0 Å². The van der Waals surface area contributed by atoms with Crippen LogP contribution in [0.15, 0.2) is 0 Å². The first-order valence-electron chi connectivity index (χ1n) is 5.31. The Morgan fingerprint density at radius 3 is 2.44 bits per heavy atom. The minimum absolute atomic E-state index is 0.201. The molecule has 2 saturated heterocycles. The van der Waals surface area contributed by atoms with Crippen LogP contribution in [0.4, 0.5) is 0 Å². The van der Waals surface area contributed by atoms with Crippen LogP contribution in [0, 0.1) is 0 Å². The minimum atomic E-state index is -0.917. The number of aliphatic hydroxyl groups is 2. The molecule has 6 heteroatoms. The molecule has 2 rings (SSSR count). The Bertz CT molecular complexity index is 256. The molecule has 5 atom stereocenters. The zero-order chi connectivity index (χ0) is 11.9. The first kappa shape index (κ1) is 12.2. The number of aliphatic hydroxyl groups excluding tert-OH is 2. The second-order valence-corrected chi connectivity index (χ2v) is 4.52. The zero-order valence-corrected chi connectivity index (χ0v) is 9.62. The highest BCUT2D eigenvalue weighted by molar-refractivity contribution is 4.96. The normalized spacial score (nSPS) is 46.7. The zero-order valence-electron chi connectivity index (χ0n) is 9.62. The van der Waals surface area contributed by atoms with E-state index in [1.165, 1.54) is 7.11 Å². The van der Waals surface area contributed by atoms with Gasteiger partial charge in [-0.2, -0.15) is 0 Å². The van der Waals surface area contributed by atoms with E-state index in [9.17, 15) is 10.2 Å². The Morgan fingerprint density at radius 1 is 1.25 bits per heavy atom. The van der Waals surface area contributed by atoms with Gasteiger partial charge in [0.25, 0.3) is 0 Å². The third kappa shape index (κ3) is 1.97. The fraction of sp³-hybridized carbons (Fsp3) is 1.00. The molecule has 6 nitrogen and oxygen atoms in total. The van der Waals surface area contributed by atoms with Crippen molar-refractivity contribution in [3.63, 3.8) is 0 Å². The molecule has 2 N–H and O–H groups in total. The van der Waals surface area contributed by atoms with Crippen LogP contribution >= 0.6 is 0 Å². The van der Waals surface area contributed by atoms with Crippen molar-refractivity contribution in [1.29, 1.82) is 0 Å². The second-order valence-electron chi connectivity index (χ2n) is 4.52. The van der Waals surface area contributed by atoms with E-state index in [-0.39, 0.29) is 6.61 Å². The molecule has 0 amide bonds. The van der Waals surface area contributed by atoms with Crippen molar-refractivity contribution in [2.45, 2.75) is 50.3 Å². The smallest absolute Gasteiger partial charge is 0.186 e. The van der Waals surface area contributed by atoms with Gasteiger partial charge in [0, 0.05) is 7.11 Å². The SMILES string of the molecule is CO[C@@H]1O[C@H](CO)[C@@H]2OC(C)(C)O[C@@H]2[C@H]1O. The standard InChI is InChI=1S/C10H18O6/c1-10(2)15-7-5(4-11)14-9(13-3)6(12)8(7)16-10/h5-9,11-12H,4H2,1-3H3/t5-,6-,7+,8-,9-/m1/s1. The maximum atomic E-state index is 9.95. The third-order valence-corrected chi connectivity index (χ3v) is 2.87. The number of hydrogen-bond acceptors (Lipinski definition) is 6. The van der Waals surface area contributed by atoms with Gasteiger partial charge in [-0.05, 0) is 13.8 Å². The van der Waals surface area contributed by atoms with Crippen LogP contribution in [0.25, 0.3) is 0 Å². The van der Waals surface area contributed by atoms with Crippen molar-refractivity contribution in [1.82, 2.24) is 0 Å². The molecular formula is C10H18O6. The molecular weight excluding hydrogens is 216 g/mol. The van der Waals surface area contributed by atoms with Gasteiger partial charge in [-0.15, -0.1) is 0 Å². The van der Waals surface area contributed by atoms with Gasteiger partial charge < -0.3 is 29.2 Å². The Labute approximate surface area is 94.1 Å². The van der Waals surface area contributed by atoms with Crippen LogP contribution < -0.4 is 0 Å². The van der Waals surface area contributed by atoms with Crippen molar-refractivity contribution >= 4 is 0 Å². The largest absolute Gasteiger partial charge is 0.394 e. The van der Waals surface area contributed by atoms with E-state index < -0.39 is 36.5 Å². The predicted octanol–water partition coefficient (Wildman–Crippen LogP) is -0.769. The summed E-state index contributed by atoms with van der Waals surface area (Å²) >= 11 is 0. The Hall–Kier alpha value is -0.240. The van der Waals surface area contributed by atoms with E-state index in [4.69, 9.17) is 18.9 Å². The fourth-order valence-corrected chi connectivity index (χ4v) is 2.20. The van der Waals surface area contributed by atoms with E-state index in [0.29, 0.717) is 0 Å². The maximum absolute atomic E-state index is 9.95. The van der Waals surface area contributed by atoms with Gasteiger partial charge in [0.05, 0.1) is 6.61 Å². The third-order valence-electron chi connectivity index (χ3n) is 2.87. The second kappa shape index (κ2) is 4.21. The Morgan fingerprint density at radius 2 is 1.88 bits per heavy atom. The summed E-state index contributed by atoms with van der Waals surface area (Å²) in [7, 11) is 1.43. The van der Waals surface area contributed by atoms with Gasteiger partial charge in [-0.1, -0.05) is 0 Å². The number of fused-ring (bicyclic) bond motifs is 1. The Kier molecular flexibility index (Phi) is 3.22. The molecule has 0 saturated carbocycles. The number of rotatable bonds is 2. The van der Waals surface area contributed by atoms with Crippen LogP contribution in [0.2, 0.25) is 0 Å². The van der Waals surface area contributed by atoms with E-state index in [0.717, 1.165) is 0 Å². The molecule has 0 bridgehead atoms. The summed E-state index contributed by atoms with van der Waals surface area (Å²) in [5, 5.41) is 19.2. The summed E-state index contributed by atoms with van der Waals surface area (Å²) in [6.07, 6.45) is -3.26. The molecule has 2 aliphatic rings. The van der Waals surface area contributed by atoms with Crippen molar-refractivity contribution in [2.75, 3.05) is 13.7 Å². The summed E-state index contributed by atoms with van der Waals surface area (Å²) in [5.74, 6) is -0.782. The first-order chi connectivity index (χ1) is 7.48. The van der Waals surface area contributed by atoms with Crippen LogP contribution in [-0.4, -0.2) is 60.4 Å². The van der Waals surface area contributed by atoms with Gasteiger partial charge in [0.15, 0.2) is 12.1 Å². The molecule has 0 spiro atoms. The van der Waals surface area contributed by atoms with Crippen molar-refractivity contribution in [3.05, 3.63) is 0 Å². The lowest BCUT2D eigenvalue weighted by Gasteiger charge is -2.38. The average Bonchev–Trinajstić information content (AvgIpc) is 2.55. The average molecular weight is 234 g/mol. The Balaban J connectivity index is 2.18. The maximum Gasteiger partial charge on any atom is 0.186 e. The molecule has 0 aromatic heterocycles. The minimum Gasteiger partial charge on any atom is -0.394 e. The highest BCUT2D eigenvalue weighted by Crippen LogP contribution is 2.37. The number of ether oxygens (including phenoxy) is 4. The fourth-order valence-electron chi connectivity index (χ4n) is 2.20. The van der Waals surface area contributed by atoms with Crippen molar-refractivity contribution < 1.29 is 29.2 Å². The molecule has 0 radical (unpaired) electrons. The van der Waals surface area contributed by atoms with Gasteiger partial charge >= 0.3 is 0 Å². The highest BCUT2D eigenvalue weighted by atomic mass is 16.8. The summed E-state index contributed by atoms with van der Waals surface area (Å²) < 4.78 is 21.6. The molecule has 94 valence electrons. The molecule has 2 aliphatic heterocycles. The van der Waals surface area contributed by atoms with Gasteiger partial charge in [-0.3, -0.25) is 0 Å². The quantitative estimate of drug-likeness (QED) is 0.653. The van der Waals surface area contributed by atoms with Crippen molar-refractivity contribution in [2.24, 2.45) is 0 Å². The van der Waals surface area contributed by atoms with Gasteiger partial charge in [0.1, 0.15) is 24.4 Å². The van der Waals surface area contributed by atoms with E-state index in [2.05, 4.69) is 0 Å². The molecule has 0 aromatic carbocycles. The molecule has 2 heterocycles. The van der Waals surface area contributed by atoms with Crippen LogP contribution in [-0.2, 0) is 18.9 Å². The molecule has 2 fully saturated rings. The molecule has 0 unspecified atom stereocenters. The van der Waals surface area contributed by atoms with E-state index in [1.807, 2.05) is 0 Å². The lowest BCUT2D eigenvalue weighted by molar-refractivity contribution is -0.274. The molecule has 0 aromatic rings. The van der Waals surface area contributed by atoms with E-state index in [1.54, 1.807) is 13.8 Å². The summed E-state index contributed by atoms with van der Waals surface area (Å²) in [5.41, 5.74) is 0. The summed E-state index contributed by atoms with van der Waals surface area (Å²) in [6.45, 7) is 3.32. The van der Waals surface area contributed by atoms with Gasteiger partial charge in [0.2, 0.25) is 0 Å². The number of hydrogen-bond donors (Lipinski definition) is 2. The summed E-state index contributed by atoms with van der Waals surface area (Å²) in [6, 6.07) is 0. The first-order valence-corrected chi connectivity index (χ1v) is 5.31. The lowest BCUT2D eigenvalue weighted by atomic mass is 9.99. The van der Waals surface area contributed by atoms with Crippen LogP contribution in [0.1, 0.15) is 13.8 Å². The molecule has 16 heavy (non-hydrogen) atoms. The van der Waals surface area contributed by atoms with Crippen LogP contribution in [0.3, 0.4) is 0 Å².